The predicted molar refractivity (Wildman–Crippen MR) is 51.5 cm³/mol. The van der Waals surface area contributed by atoms with Crippen LogP contribution in [-0.4, -0.2) is 16.8 Å². The van der Waals surface area contributed by atoms with Crippen molar-refractivity contribution < 1.29 is 10.2 Å². The molecule has 0 amide bonds. The maximum atomic E-state index is 9.63. The molecular weight excluding hydrogens is 166 g/mol. The third-order valence-electron chi connectivity index (χ3n) is 2.11. The van der Waals surface area contributed by atoms with Crippen molar-refractivity contribution in [1.82, 2.24) is 0 Å². The molecule has 1 aromatic carbocycles. The third-order valence-corrected chi connectivity index (χ3v) is 2.11. The Morgan fingerprint density at radius 2 is 2.15 bits per heavy atom. The summed E-state index contributed by atoms with van der Waals surface area (Å²) < 4.78 is 0. The predicted octanol–water partition coefficient (Wildman–Crippen LogP) is 1.08. The molecule has 1 aromatic rings. The molecule has 1 atom stereocenters. The summed E-state index contributed by atoms with van der Waals surface area (Å²) in [6.45, 7) is 1.86. The number of nitrogens with two attached hydrogens (primary N) is 1. The van der Waals surface area contributed by atoms with Crippen LogP contribution in [0.25, 0.3) is 0 Å². The fourth-order valence-electron chi connectivity index (χ4n) is 1.28. The van der Waals surface area contributed by atoms with Crippen LogP contribution >= 0.6 is 0 Å². The zero-order chi connectivity index (χ0) is 9.84. The summed E-state index contributed by atoms with van der Waals surface area (Å²) in [6.07, 6.45) is 0.469. The monoisotopic (exact) mass is 181 g/mol. The Morgan fingerprint density at radius 1 is 1.46 bits per heavy atom. The number of phenols is 1. The SMILES string of the molecule is Cc1cccc([C@H](N)CCO)c1O. The number of aromatic hydroxyl groups is 1. The first-order valence-corrected chi connectivity index (χ1v) is 4.31. The highest BCUT2D eigenvalue weighted by Gasteiger charge is 2.10. The van der Waals surface area contributed by atoms with Crippen molar-refractivity contribution in [2.24, 2.45) is 5.73 Å². The van der Waals surface area contributed by atoms with E-state index in [1.807, 2.05) is 19.1 Å². The quantitative estimate of drug-likeness (QED) is 0.653. The van der Waals surface area contributed by atoms with E-state index in [0.717, 1.165) is 5.56 Å². The highest BCUT2D eigenvalue weighted by atomic mass is 16.3. The smallest absolute Gasteiger partial charge is 0.123 e. The lowest BCUT2D eigenvalue weighted by molar-refractivity contribution is 0.275. The topological polar surface area (TPSA) is 66.5 Å². The van der Waals surface area contributed by atoms with Gasteiger partial charge >= 0.3 is 0 Å². The molecule has 0 bridgehead atoms. The van der Waals surface area contributed by atoms with Crippen LogP contribution in [0.3, 0.4) is 0 Å². The Balaban J connectivity index is 2.93. The van der Waals surface area contributed by atoms with Gasteiger partial charge in [-0.05, 0) is 18.9 Å². The lowest BCUT2D eigenvalue weighted by atomic mass is 10.0. The number of phenolic OH excluding ortho intramolecular Hbond substituents is 1. The van der Waals surface area contributed by atoms with Crippen LogP contribution in [0.4, 0.5) is 0 Å². The second-order valence-electron chi connectivity index (χ2n) is 3.13. The number of rotatable bonds is 3. The van der Waals surface area contributed by atoms with Crippen LogP contribution in [-0.2, 0) is 0 Å². The van der Waals surface area contributed by atoms with Gasteiger partial charge in [-0.25, -0.2) is 0 Å². The summed E-state index contributed by atoms with van der Waals surface area (Å²) in [5.41, 5.74) is 7.27. The molecule has 3 heteroatoms. The van der Waals surface area contributed by atoms with Crippen LogP contribution in [0.15, 0.2) is 18.2 Å². The summed E-state index contributed by atoms with van der Waals surface area (Å²) >= 11 is 0. The van der Waals surface area contributed by atoms with E-state index >= 15 is 0 Å². The first-order valence-electron chi connectivity index (χ1n) is 4.31. The van der Waals surface area contributed by atoms with Gasteiger partial charge in [-0.2, -0.15) is 0 Å². The van der Waals surface area contributed by atoms with Gasteiger partial charge in [-0.1, -0.05) is 18.2 Å². The van der Waals surface area contributed by atoms with E-state index in [1.165, 1.54) is 0 Å². The van der Waals surface area contributed by atoms with Crippen LogP contribution in [0, 0.1) is 6.92 Å². The number of aliphatic hydroxyl groups excluding tert-OH is 1. The Hall–Kier alpha value is -1.06. The van der Waals surface area contributed by atoms with Crippen molar-refractivity contribution in [1.29, 1.82) is 0 Å². The largest absolute Gasteiger partial charge is 0.507 e. The van der Waals surface area contributed by atoms with Crippen molar-refractivity contribution in [2.75, 3.05) is 6.61 Å². The Morgan fingerprint density at radius 3 is 2.77 bits per heavy atom. The molecule has 0 aliphatic carbocycles. The molecule has 1 rings (SSSR count). The van der Waals surface area contributed by atoms with Gasteiger partial charge in [-0.15, -0.1) is 0 Å². The van der Waals surface area contributed by atoms with E-state index < -0.39 is 0 Å². The number of benzene rings is 1. The molecule has 0 aromatic heterocycles. The number of aliphatic hydroxyl groups is 1. The summed E-state index contributed by atoms with van der Waals surface area (Å²) in [5.74, 6) is 0.239. The number of para-hydroxylation sites is 1. The molecule has 0 aliphatic rings. The molecule has 0 saturated heterocycles. The summed E-state index contributed by atoms with van der Waals surface area (Å²) in [7, 11) is 0. The van der Waals surface area contributed by atoms with Gasteiger partial charge in [-0.3, -0.25) is 0 Å². The second-order valence-corrected chi connectivity index (χ2v) is 3.13. The minimum Gasteiger partial charge on any atom is -0.507 e. The van der Waals surface area contributed by atoms with Crippen molar-refractivity contribution in [3.63, 3.8) is 0 Å². The number of hydrogen-bond acceptors (Lipinski definition) is 3. The maximum Gasteiger partial charge on any atom is 0.123 e. The van der Waals surface area contributed by atoms with Crippen molar-refractivity contribution in [3.05, 3.63) is 29.3 Å². The standard InChI is InChI=1S/C10H15NO2/c1-7-3-2-4-8(10(7)13)9(11)5-6-12/h2-4,9,12-13H,5-6,11H2,1H3/t9-/m1/s1. The molecule has 4 N–H and O–H groups in total. The van der Waals surface area contributed by atoms with Crippen LogP contribution < -0.4 is 5.73 Å². The van der Waals surface area contributed by atoms with Gasteiger partial charge in [0.15, 0.2) is 0 Å². The highest BCUT2D eigenvalue weighted by molar-refractivity contribution is 5.41. The maximum absolute atomic E-state index is 9.63. The minimum absolute atomic E-state index is 0.0363. The Kier molecular flexibility index (Phi) is 3.28. The molecule has 0 radical (unpaired) electrons. The zero-order valence-corrected chi connectivity index (χ0v) is 7.70. The Labute approximate surface area is 77.8 Å². The molecule has 0 unspecified atom stereocenters. The van der Waals surface area contributed by atoms with E-state index in [1.54, 1.807) is 6.07 Å². The zero-order valence-electron chi connectivity index (χ0n) is 7.70. The van der Waals surface area contributed by atoms with Crippen molar-refractivity contribution >= 4 is 0 Å². The lowest BCUT2D eigenvalue weighted by Gasteiger charge is -2.13. The summed E-state index contributed by atoms with van der Waals surface area (Å²) in [5, 5.41) is 18.3. The first-order chi connectivity index (χ1) is 6.16. The van der Waals surface area contributed by atoms with E-state index in [0.29, 0.717) is 12.0 Å². The number of aryl methyl sites for hydroxylation is 1. The summed E-state index contributed by atoms with van der Waals surface area (Å²) in [4.78, 5) is 0. The van der Waals surface area contributed by atoms with Crippen LogP contribution in [0.2, 0.25) is 0 Å². The Bertz CT molecular complexity index is 286. The van der Waals surface area contributed by atoms with Gasteiger partial charge < -0.3 is 15.9 Å². The van der Waals surface area contributed by atoms with Gasteiger partial charge in [0.2, 0.25) is 0 Å². The second kappa shape index (κ2) is 4.25. The fraction of sp³-hybridized carbons (Fsp3) is 0.400. The van der Waals surface area contributed by atoms with Gasteiger partial charge in [0, 0.05) is 18.2 Å². The minimum atomic E-state index is -0.287. The van der Waals surface area contributed by atoms with Gasteiger partial charge in [0.1, 0.15) is 5.75 Å². The fourth-order valence-corrected chi connectivity index (χ4v) is 1.28. The van der Waals surface area contributed by atoms with Gasteiger partial charge in [0.25, 0.3) is 0 Å². The molecule has 0 spiro atoms. The highest BCUT2D eigenvalue weighted by Crippen LogP contribution is 2.27. The molecule has 13 heavy (non-hydrogen) atoms. The lowest BCUT2D eigenvalue weighted by Crippen LogP contribution is -2.12. The molecule has 0 aliphatic heterocycles. The molecule has 3 nitrogen and oxygen atoms in total. The normalized spacial score (nSPS) is 12.8. The van der Waals surface area contributed by atoms with E-state index in [-0.39, 0.29) is 18.4 Å². The van der Waals surface area contributed by atoms with E-state index in [4.69, 9.17) is 10.8 Å². The third kappa shape index (κ3) is 2.20. The molecule has 0 fully saturated rings. The summed E-state index contributed by atoms with van der Waals surface area (Å²) in [6, 6.07) is 5.17. The van der Waals surface area contributed by atoms with Crippen LogP contribution in [0.5, 0.6) is 5.75 Å². The average molecular weight is 181 g/mol. The van der Waals surface area contributed by atoms with E-state index in [2.05, 4.69) is 0 Å². The van der Waals surface area contributed by atoms with E-state index in [9.17, 15) is 5.11 Å². The van der Waals surface area contributed by atoms with Crippen LogP contribution in [0.1, 0.15) is 23.6 Å². The van der Waals surface area contributed by atoms with Crippen molar-refractivity contribution in [3.8, 4) is 5.75 Å². The molecule has 0 heterocycles. The molecule has 0 saturated carbocycles. The molecular formula is C10H15NO2. The average Bonchev–Trinajstić information content (AvgIpc) is 2.10. The van der Waals surface area contributed by atoms with Gasteiger partial charge in [0.05, 0.1) is 0 Å². The van der Waals surface area contributed by atoms with Crippen molar-refractivity contribution in [2.45, 2.75) is 19.4 Å². The first kappa shape index (κ1) is 10.0. The molecule has 72 valence electrons. The number of hydrogen-bond donors (Lipinski definition) is 3.